The first-order chi connectivity index (χ1) is 16.5. The summed E-state index contributed by atoms with van der Waals surface area (Å²) in [6, 6.07) is 0. The Bertz CT molecular complexity index is 529. The molecule has 1 fully saturated rings. The van der Waals surface area contributed by atoms with Gasteiger partial charge in [0.1, 0.15) is 19.0 Å². The summed E-state index contributed by atoms with van der Waals surface area (Å²) in [6.45, 7) is 10.3. The molecule has 200 valence electrons. The summed E-state index contributed by atoms with van der Waals surface area (Å²) in [4.78, 5) is 35.6. The summed E-state index contributed by atoms with van der Waals surface area (Å²) in [6.07, 6.45) is 1.80. The van der Waals surface area contributed by atoms with Crippen LogP contribution in [0.2, 0.25) is 0 Å². The zero-order valence-corrected chi connectivity index (χ0v) is 21.9. The molecule has 0 aromatic rings. The number of hydrogen-bond donors (Lipinski definition) is 1. The molecule has 10 nitrogen and oxygen atoms in total. The van der Waals surface area contributed by atoms with Crippen molar-refractivity contribution in [2.24, 2.45) is 0 Å². The Hall–Kier alpha value is -1.40. The molecule has 0 radical (unpaired) electrons. The van der Waals surface area contributed by atoms with Gasteiger partial charge in [0.05, 0.1) is 59.3 Å². The van der Waals surface area contributed by atoms with Crippen LogP contribution in [0, 0.1) is 0 Å². The zero-order chi connectivity index (χ0) is 25.4. The summed E-state index contributed by atoms with van der Waals surface area (Å²) < 4.78 is 31.5. The number of esters is 1. The molecule has 0 unspecified atom stereocenters. The van der Waals surface area contributed by atoms with Gasteiger partial charge >= 0.3 is 12.1 Å². The molecule has 1 amide bonds. The van der Waals surface area contributed by atoms with E-state index in [-0.39, 0.29) is 44.5 Å². The van der Waals surface area contributed by atoms with Crippen LogP contribution in [0.5, 0.6) is 0 Å². The minimum atomic E-state index is -0.396. The molecule has 0 saturated carbocycles. The molecule has 1 aliphatic heterocycles. The summed E-state index contributed by atoms with van der Waals surface area (Å²) in [5.74, 6) is -0.433. The van der Waals surface area contributed by atoms with Crippen LogP contribution in [0.4, 0.5) is 4.79 Å². The van der Waals surface area contributed by atoms with E-state index in [0.717, 1.165) is 12.8 Å². The molecule has 0 aromatic heterocycles. The number of piperidine rings is 1. The number of hydrogen-bond acceptors (Lipinski definition) is 10. The predicted octanol–water partition coefficient (Wildman–Crippen LogP) is 2.52. The van der Waals surface area contributed by atoms with E-state index in [4.69, 9.17) is 28.4 Å². The predicted molar refractivity (Wildman–Crippen MR) is 130 cm³/mol. The molecule has 1 saturated heterocycles. The third kappa shape index (κ3) is 20.0. The van der Waals surface area contributed by atoms with Gasteiger partial charge in [0, 0.05) is 24.8 Å². The van der Waals surface area contributed by atoms with Gasteiger partial charge in [0.25, 0.3) is 0 Å². The fourth-order valence-electron chi connectivity index (χ4n) is 2.65. The van der Waals surface area contributed by atoms with Crippen LogP contribution in [0.1, 0.15) is 46.5 Å². The quantitative estimate of drug-likeness (QED) is 0.169. The van der Waals surface area contributed by atoms with Crippen LogP contribution in [0.25, 0.3) is 0 Å². The number of likely N-dealkylation sites (tertiary alicyclic amines) is 1. The number of thiol groups is 1. The van der Waals surface area contributed by atoms with Crippen molar-refractivity contribution >= 4 is 30.5 Å². The lowest BCUT2D eigenvalue weighted by Crippen LogP contribution is -2.39. The molecular weight excluding hydrogens is 466 g/mol. The van der Waals surface area contributed by atoms with Crippen LogP contribution in [0.3, 0.4) is 0 Å². The molecule has 0 aromatic carbocycles. The number of carbonyl (C=O) groups is 3. The number of ketones is 1. The van der Waals surface area contributed by atoms with Crippen molar-refractivity contribution in [3.05, 3.63) is 0 Å². The van der Waals surface area contributed by atoms with Crippen LogP contribution in [-0.4, -0.2) is 107 Å². The van der Waals surface area contributed by atoms with Gasteiger partial charge in [0.2, 0.25) is 0 Å². The lowest BCUT2D eigenvalue weighted by Gasteiger charge is -2.28. The number of rotatable bonds is 18. The molecular formula is C23H43NO9S. The topological polar surface area (TPSA) is 110 Å². The maximum absolute atomic E-state index is 11.9. The molecule has 0 atom stereocenters. The van der Waals surface area contributed by atoms with Crippen LogP contribution in [0.15, 0.2) is 0 Å². The Morgan fingerprint density at radius 3 is 1.56 bits per heavy atom. The summed E-state index contributed by atoms with van der Waals surface area (Å²) in [5.41, 5.74) is 0. The van der Waals surface area contributed by atoms with Crippen LogP contribution < -0.4 is 0 Å². The maximum atomic E-state index is 11.9. The normalized spacial score (nSPS) is 13.7. The smallest absolute Gasteiger partial charge is 0.409 e. The average molecular weight is 510 g/mol. The second kappa shape index (κ2) is 23.3. The zero-order valence-electron chi connectivity index (χ0n) is 21.0. The molecule has 1 heterocycles. The first-order valence-electron chi connectivity index (χ1n) is 12.0. The highest BCUT2D eigenvalue weighted by Crippen LogP contribution is 2.15. The number of Topliss-reactive ketones (excluding diaryl/α,β-unsaturated/α-hetero) is 1. The van der Waals surface area contributed by atoms with E-state index in [2.05, 4.69) is 12.6 Å². The Morgan fingerprint density at radius 2 is 1.12 bits per heavy atom. The largest absolute Gasteiger partial charge is 0.463 e. The van der Waals surface area contributed by atoms with Gasteiger partial charge in [-0.25, -0.2) is 4.79 Å². The second-order valence-corrected chi connectivity index (χ2v) is 7.93. The molecule has 0 aliphatic carbocycles. The third-order valence-electron chi connectivity index (χ3n) is 4.46. The van der Waals surface area contributed by atoms with Gasteiger partial charge in [-0.05, 0) is 19.8 Å². The highest BCUT2D eigenvalue weighted by Gasteiger charge is 2.21. The fraction of sp³-hybridized carbons (Fsp3) is 0.870. The molecule has 0 spiro atoms. The van der Waals surface area contributed by atoms with E-state index in [9.17, 15) is 14.4 Å². The van der Waals surface area contributed by atoms with E-state index < -0.39 is 5.97 Å². The van der Waals surface area contributed by atoms with Crippen molar-refractivity contribution in [2.75, 3.05) is 79.2 Å². The molecule has 0 N–H and O–H groups in total. The SMILES string of the molecule is CC.CC(=O)CCC(=O)OCCOCCOCCOCCOCCOC(=O)N1CCC(S)CC1. The van der Waals surface area contributed by atoms with Gasteiger partial charge in [-0.15, -0.1) is 0 Å². The Morgan fingerprint density at radius 1 is 0.706 bits per heavy atom. The van der Waals surface area contributed by atoms with Gasteiger partial charge in [-0.1, -0.05) is 13.8 Å². The average Bonchev–Trinajstić information content (AvgIpc) is 2.84. The summed E-state index contributed by atoms with van der Waals surface area (Å²) in [7, 11) is 0. The van der Waals surface area contributed by atoms with Crippen LogP contribution >= 0.6 is 12.6 Å². The Labute approximate surface area is 209 Å². The number of nitrogens with zero attached hydrogens (tertiary/aromatic N) is 1. The van der Waals surface area contributed by atoms with Gasteiger partial charge in [-0.2, -0.15) is 12.6 Å². The molecule has 34 heavy (non-hydrogen) atoms. The van der Waals surface area contributed by atoms with Crippen molar-refractivity contribution in [3.63, 3.8) is 0 Å². The lowest BCUT2D eigenvalue weighted by atomic mass is 10.1. The van der Waals surface area contributed by atoms with Gasteiger partial charge < -0.3 is 38.1 Å². The Kier molecular flexibility index (Phi) is 22.4. The van der Waals surface area contributed by atoms with E-state index in [1.54, 1.807) is 4.90 Å². The Balaban J connectivity index is 0.00000529. The van der Waals surface area contributed by atoms with Gasteiger partial charge in [-0.3, -0.25) is 4.79 Å². The van der Waals surface area contributed by atoms with E-state index >= 15 is 0 Å². The lowest BCUT2D eigenvalue weighted by molar-refractivity contribution is -0.146. The summed E-state index contributed by atoms with van der Waals surface area (Å²) >= 11 is 4.41. The molecule has 1 aliphatic rings. The van der Waals surface area contributed by atoms with Crippen molar-refractivity contribution in [1.29, 1.82) is 0 Å². The number of ether oxygens (including phenoxy) is 6. The first kappa shape index (κ1) is 32.6. The monoisotopic (exact) mass is 509 g/mol. The first-order valence-corrected chi connectivity index (χ1v) is 12.6. The van der Waals surface area contributed by atoms with E-state index in [1.807, 2.05) is 13.8 Å². The highest BCUT2D eigenvalue weighted by atomic mass is 32.1. The van der Waals surface area contributed by atoms with Crippen molar-refractivity contribution in [3.8, 4) is 0 Å². The second-order valence-electron chi connectivity index (χ2n) is 7.20. The third-order valence-corrected chi connectivity index (χ3v) is 4.98. The minimum Gasteiger partial charge on any atom is -0.463 e. The minimum absolute atomic E-state index is 0.0366. The molecule has 1 rings (SSSR count). The van der Waals surface area contributed by atoms with E-state index in [0.29, 0.717) is 64.6 Å². The highest BCUT2D eigenvalue weighted by molar-refractivity contribution is 7.80. The van der Waals surface area contributed by atoms with Crippen LogP contribution in [-0.2, 0) is 38.0 Å². The molecule has 11 heteroatoms. The van der Waals surface area contributed by atoms with Crippen molar-refractivity contribution in [1.82, 2.24) is 4.90 Å². The number of carbonyl (C=O) groups excluding carboxylic acids is 3. The van der Waals surface area contributed by atoms with Crippen molar-refractivity contribution in [2.45, 2.75) is 51.7 Å². The van der Waals surface area contributed by atoms with Gasteiger partial charge in [0.15, 0.2) is 0 Å². The number of amides is 1. The summed E-state index contributed by atoms with van der Waals surface area (Å²) in [5, 5.41) is 0.370. The van der Waals surface area contributed by atoms with E-state index in [1.165, 1.54) is 6.92 Å². The fourth-order valence-corrected chi connectivity index (χ4v) is 2.89. The maximum Gasteiger partial charge on any atom is 0.409 e. The molecule has 0 bridgehead atoms. The standard InChI is InChI=1S/C21H37NO9S.C2H6/c1-18(23)2-3-20(24)30-16-14-28-12-10-26-8-9-27-11-13-29-15-17-31-21(25)22-6-4-19(32)5-7-22;1-2/h19,32H,2-17H2,1H3;1-2H3. The van der Waals surface area contributed by atoms with Crippen molar-refractivity contribution < 1.29 is 42.8 Å².